The van der Waals surface area contributed by atoms with Crippen molar-refractivity contribution in [2.75, 3.05) is 158 Å². The first-order valence-corrected chi connectivity index (χ1v) is 41.9. The predicted octanol–water partition coefficient (Wildman–Crippen LogP) is 8.27. The molecule has 3 fully saturated rings. The van der Waals surface area contributed by atoms with Crippen molar-refractivity contribution in [3.63, 3.8) is 0 Å². The maximum atomic E-state index is 13.6. The van der Waals surface area contributed by atoms with Crippen LogP contribution >= 0.6 is 0 Å². The predicted molar refractivity (Wildman–Crippen MR) is 401 cm³/mol. The summed E-state index contributed by atoms with van der Waals surface area (Å²) in [6.45, 7) is 13.1. The van der Waals surface area contributed by atoms with E-state index in [2.05, 4.69) is 5.32 Å². The van der Waals surface area contributed by atoms with Gasteiger partial charge in [0.15, 0.2) is 34.5 Å². The molecule has 12 aliphatic rings. The fourth-order valence-corrected chi connectivity index (χ4v) is 20.0. The lowest BCUT2D eigenvalue weighted by molar-refractivity contribution is -0.139. The molecule has 0 radical (unpaired) electrons. The number of hydrogen-bond donors (Lipinski definition) is 2. The first-order valence-electron chi connectivity index (χ1n) is 37.6. The molecule has 28 heteroatoms. The molecule has 1 unspecified atom stereocenters. The summed E-state index contributed by atoms with van der Waals surface area (Å²) in [5, 5.41) is 12.4. The number of aliphatic carboxylic acids is 1. The highest BCUT2D eigenvalue weighted by molar-refractivity contribution is 7.89. The number of carbonyl (C=O) groups is 3. The second kappa shape index (κ2) is 33.5. The van der Waals surface area contributed by atoms with Crippen molar-refractivity contribution in [1.82, 2.24) is 28.0 Å². The molecule has 2 N–H and O–H groups in total. The Kier molecular flexibility index (Phi) is 23.3. The van der Waals surface area contributed by atoms with Crippen LogP contribution in [0.3, 0.4) is 0 Å². The van der Waals surface area contributed by atoms with Crippen LogP contribution in [0.25, 0.3) is 0 Å². The zero-order chi connectivity index (χ0) is 75.2. The zero-order valence-electron chi connectivity index (χ0n) is 60.8. The highest BCUT2D eigenvalue weighted by atomic mass is 32.2. The number of carboxylic acids is 1. The molecule has 6 aromatic rings. The summed E-state index contributed by atoms with van der Waals surface area (Å²) in [6.07, 6.45) is 5.16. The smallest absolute Gasteiger partial charge is 0.310 e. The van der Waals surface area contributed by atoms with Gasteiger partial charge in [-0.2, -0.15) is 12.9 Å². The molecule has 0 saturated carbocycles. The van der Waals surface area contributed by atoms with Gasteiger partial charge in [-0.3, -0.25) is 14.4 Å². The fraction of sp³-hybridized carbons (Fsp3) is 0.444. The Morgan fingerprint density at radius 2 is 0.633 bits per heavy atom. The SMILES string of the molecule is O=C(O)C(CCC1COC1)c1ccccc1.O=C([C@@H](CCC1COC1)c1ccccc1)N1CC2=C(C1)CN(S(=O)(=O)c1ccc3c(c1)OCCO3)C2.O=C([C@H](CCC1COC1)c1ccccc1)N1CC2=C(C1)CN(S(=O)(=O)c1ccc3c(c1)OCCO3)C2.O=S(=O)(c1ccc2c(c1)OCCO2)N1CC2=C(CNC2)C1. The van der Waals surface area contributed by atoms with Crippen molar-refractivity contribution in [2.24, 2.45) is 17.8 Å². The molecule has 109 heavy (non-hydrogen) atoms. The summed E-state index contributed by atoms with van der Waals surface area (Å²) in [5.41, 5.74) is 9.51. The molecule has 12 heterocycles. The van der Waals surface area contributed by atoms with Crippen molar-refractivity contribution < 1.29 is 87.4 Å². The highest BCUT2D eigenvalue weighted by Gasteiger charge is 2.43. The van der Waals surface area contributed by atoms with E-state index in [0.29, 0.717) is 164 Å². The van der Waals surface area contributed by atoms with Crippen LogP contribution in [0.15, 0.2) is 194 Å². The second-order valence-corrected chi connectivity index (χ2v) is 35.3. The molecule has 18 rings (SSSR count). The van der Waals surface area contributed by atoms with Crippen LogP contribution in [0.2, 0.25) is 0 Å². The van der Waals surface area contributed by atoms with Crippen molar-refractivity contribution in [3.05, 3.63) is 196 Å². The first-order chi connectivity index (χ1) is 52.9. The molecule has 0 spiro atoms. The van der Waals surface area contributed by atoms with Gasteiger partial charge in [-0.05, 0) is 125 Å². The number of carboxylic acid groups (broad SMARTS) is 1. The third kappa shape index (κ3) is 17.1. The molecular formula is C81H92N6O19S3. The van der Waals surface area contributed by atoms with Gasteiger partial charge in [-0.15, -0.1) is 0 Å². The minimum absolute atomic E-state index is 0.122. The maximum absolute atomic E-state index is 13.6. The number of nitrogens with one attached hydrogen (secondary N) is 1. The quantitative estimate of drug-likeness (QED) is 0.0641. The lowest BCUT2D eigenvalue weighted by atomic mass is 9.88. The average Bonchev–Trinajstić information content (AvgIpc) is 1.58. The number of ether oxygens (including phenoxy) is 9. The summed E-state index contributed by atoms with van der Waals surface area (Å²) in [6, 6.07) is 43.7. The van der Waals surface area contributed by atoms with E-state index in [0.717, 1.165) is 124 Å². The zero-order valence-corrected chi connectivity index (χ0v) is 63.2. The fourth-order valence-electron chi connectivity index (χ4n) is 15.7. The maximum Gasteiger partial charge on any atom is 0.310 e. The number of fused-ring (bicyclic) bond motifs is 3. The van der Waals surface area contributed by atoms with Crippen LogP contribution in [-0.4, -0.2) is 229 Å². The van der Waals surface area contributed by atoms with Gasteiger partial charge in [0.05, 0.1) is 72.1 Å². The summed E-state index contributed by atoms with van der Waals surface area (Å²) >= 11 is 0. The van der Waals surface area contributed by atoms with E-state index in [-0.39, 0.29) is 44.3 Å². The van der Waals surface area contributed by atoms with Gasteiger partial charge >= 0.3 is 5.97 Å². The summed E-state index contributed by atoms with van der Waals surface area (Å²) in [5.74, 6) is 3.54. The van der Waals surface area contributed by atoms with Crippen LogP contribution in [0, 0.1) is 17.8 Å². The number of hydrogen-bond acceptors (Lipinski definition) is 19. The molecule has 0 bridgehead atoms. The Balaban J connectivity index is 0.000000121. The standard InChI is InChI=1S/2C27H30N2O6S.C14H16N2O4S.C13H16O3/c2*30-27(24(8-6-19-17-33-18-19)20-4-2-1-3-5-20)28-13-21-15-29(16-22(21)14-28)36(31,32)23-7-9-25-26(12-23)35-11-10-34-25;17-21(18,16-8-10-6-15-7-11(10)9-16)12-1-2-13-14(5-12)20-4-3-19-13;14-13(15)12(7-6-10-8-16-9-10)11-4-2-1-3-5-11/h2*1-5,7,9,12,19,24H,6,8,10-11,13-18H2;1-2,5,15H,3-4,6-9H2;1-5,10,12H,6-9H2,(H,14,15)/t2*24-;;/m10../s1. The Bertz CT molecular complexity index is 4530. The van der Waals surface area contributed by atoms with Gasteiger partial charge in [0.2, 0.25) is 41.9 Å². The minimum Gasteiger partial charge on any atom is -0.486 e. The molecule has 3 atom stereocenters. The topological polar surface area (TPSA) is 285 Å². The molecule has 6 aromatic carbocycles. The molecule has 578 valence electrons. The molecule has 25 nitrogen and oxygen atoms in total. The highest BCUT2D eigenvalue weighted by Crippen LogP contribution is 2.41. The van der Waals surface area contributed by atoms with Crippen LogP contribution < -0.4 is 33.7 Å². The van der Waals surface area contributed by atoms with Gasteiger partial charge in [0.25, 0.3) is 0 Å². The summed E-state index contributed by atoms with van der Waals surface area (Å²) < 4.78 is 132. The largest absolute Gasteiger partial charge is 0.486 e. The number of nitrogens with zero attached hydrogens (tertiary/aromatic N) is 5. The summed E-state index contributed by atoms with van der Waals surface area (Å²) in [4.78, 5) is 42.9. The average molecular weight is 1550 g/mol. The van der Waals surface area contributed by atoms with Crippen molar-refractivity contribution >= 4 is 47.9 Å². The van der Waals surface area contributed by atoms with E-state index < -0.39 is 36.0 Å². The second-order valence-electron chi connectivity index (χ2n) is 29.5. The lowest BCUT2D eigenvalue weighted by Gasteiger charge is -2.30. The Morgan fingerprint density at radius 1 is 0.358 bits per heavy atom. The van der Waals surface area contributed by atoms with E-state index in [1.165, 1.54) is 24.1 Å². The number of benzene rings is 6. The Hall–Kier alpha value is -8.68. The van der Waals surface area contributed by atoms with Crippen LogP contribution in [0.5, 0.6) is 34.5 Å². The monoisotopic (exact) mass is 1550 g/mol. The molecular weight excluding hydrogens is 1460 g/mol. The van der Waals surface area contributed by atoms with E-state index in [9.17, 15) is 44.7 Å². The number of amides is 2. The third-order valence-electron chi connectivity index (χ3n) is 22.2. The third-order valence-corrected chi connectivity index (χ3v) is 27.6. The molecule has 12 aliphatic heterocycles. The molecule has 3 saturated heterocycles. The van der Waals surface area contributed by atoms with Gasteiger partial charge in [-0.1, -0.05) is 91.0 Å². The number of rotatable bonds is 21. The van der Waals surface area contributed by atoms with Crippen molar-refractivity contribution in [2.45, 2.75) is 71.0 Å². The van der Waals surface area contributed by atoms with E-state index in [1.54, 1.807) is 54.6 Å². The lowest BCUT2D eigenvalue weighted by Crippen LogP contribution is -2.39. The van der Waals surface area contributed by atoms with Crippen LogP contribution in [0.1, 0.15) is 73.0 Å². The van der Waals surface area contributed by atoms with Crippen LogP contribution in [0.4, 0.5) is 0 Å². The number of carbonyl (C=O) groups excluding carboxylic acids is 2. The minimum atomic E-state index is -3.69. The van der Waals surface area contributed by atoms with Gasteiger partial charge in [-0.25, -0.2) is 25.3 Å². The first kappa shape index (κ1) is 75.7. The molecule has 2 amide bonds. The van der Waals surface area contributed by atoms with Gasteiger partial charge in [0.1, 0.15) is 39.6 Å². The van der Waals surface area contributed by atoms with E-state index in [1.807, 2.05) is 101 Å². The van der Waals surface area contributed by atoms with Gasteiger partial charge < -0.3 is 62.9 Å². The van der Waals surface area contributed by atoms with Gasteiger partial charge in [0, 0.05) is 114 Å². The Morgan fingerprint density at radius 3 is 0.917 bits per heavy atom. The van der Waals surface area contributed by atoms with E-state index >= 15 is 0 Å². The normalized spacial score (nSPS) is 20.6. The summed E-state index contributed by atoms with van der Waals surface area (Å²) in [7, 11) is -10.9. The van der Waals surface area contributed by atoms with Crippen molar-refractivity contribution in [1.29, 1.82) is 0 Å². The molecule has 0 aromatic heterocycles. The van der Waals surface area contributed by atoms with Crippen molar-refractivity contribution in [3.8, 4) is 34.5 Å². The number of sulfonamides is 3. The van der Waals surface area contributed by atoms with Crippen LogP contribution in [-0.2, 0) is 58.7 Å². The van der Waals surface area contributed by atoms with E-state index in [4.69, 9.17) is 42.6 Å². The Labute approximate surface area is 636 Å². The molecule has 0 aliphatic carbocycles.